The standard InChI is InChI=1S/C16H28N6O/c1-14-10-19(6-9-22-13-17-12-18-22)11-16(14)21-5-3-4-20(7-8-21)15(2)23/h12-14,16H,3-11H2,1-2H3/t14-,16+/m1/s1. The Bertz CT molecular complexity index is 505. The average Bonchev–Trinajstić information content (AvgIpc) is 3.09. The summed E-state index contributed by atoms with van der Waals surface area (Å²) in [6.45, 7) is 12.1. The van der Waals surface area contributed by atoms with Gasteiger partial charge in [0.25, 0.3) is 0 Å². The lowest BCUT2D eigenvalue weighted by atomic mass is 10.0. The summed E-state index contributed by atoms with van der Waals surface area (Å²) in [6, 6.07) is 0.609. The molecule has 1 aromatic heterocycles. The minimum Gasteiger partial charge on any atom is -0.342 e. The molecule has 0 unspecified atom stereocenters. The van der Waals surface area contributed by atoms with E-state index in [-0.39, 0.29) is 5.91 Å². The number of likely N-dealkylation sites (tertiary alicyclic amines) is 1. The van der Waals surface area contributed by atoms with E-state index < -0.39 is 0 Å². The maximum Gasteiger partial charge on any atom is 0.219 e. The van der Waals surface area contributed by atoms with E-state index in [9.17, 15) is 4.79 Å². The van der Waals surface area contributed by atoms with Crippen LogP contribution in [0.5, 0.6) is 0 Å². The van der Waals surface area contributed by atoms with Gasteiger partial charge in [0.05, 0.1) is 6.54 Å². The molecule has 2 saturated heterocycles. The van der Waals surface area contributed by atoms with Gasteiger partial charge in [0.15, 0.2) is 0 Å². The van der Waals surface area contributed by atoms with Crippen LogP contribution in [0.2, 0.25) is 0 Å². The predicted octanol–water partition coefficient (Wildman–Crippen LogP) is 0.153. The third kappa shape index (κ3) is 4.09. The fraction of sp³-hybridized carbons (Fsp3) is 0.812. The smallest absolute Gasteiger partial charge is 0.219 e. The molecule has 0 aliphatic carbocycles. The van der Waals surface area contributed by atoms with Gasteiger partial charge in [-0.05, 0) is 12.3 Å². The van der Waals surface area contributed by atoms with Crippen molar-refractivity contribution >= 4 is 5.91 Å². The van der Waals surface area contributed by atoms with Gasteiger partial charge in [-0.1, -0.05) is 6.92 Å². The lowest BCUT2D eigenvalue weighted by Gasteiger charge is -2.30. The number of aromatic nitrogens is 3. The minimum atomic E-state index is 0.209. The van der Waals surface area contributed by atoms with Crippen LogP contribution in [0.15, 0.2) is 12.7 Å². The van der Waals surface area contributed by atoms with Crippen molar-refractivity contribution in [1.29, 1.82) is 0 Å². The Morgan fingerprint density at radius 2 is 2.04 bits per heavy atom. The highest BCUT2D eigenvalue weighted by molar-refractivity contribution is 5.73. The van der Waals surface area contributed by atoms with E-state index in [0.29, 0.717) is 12.0 Å². The van der Waals surface area contributed by atoms with E-state index in [1.807, 2.05) is 9.58 Å². The Morgan fingerprint density at radius 3 is 2.78 bits per heavy atom. The fourth-order valence-electron chi connectivity index (χ4n) is 3.88. The summed E-state index contributed by atoms with van der Waals surface area (Å²) in [5, 5.41) is 4.17. The molecule has 3 heterocycles. The topological polar surface area (TPSA) is 57.5 Å². The largest absolute Gasteiger partial charge is 0.342 e. The van der Waals surface area contributed by atoms with E-state index in [2.05, 4.69) is 26.8 Å². The van der Waals surface area contributed by atoms with Crippen molar-refractivity contribution in [1.82, 2.24) is 29.5 Å². The molecule has 128 valence electrons. The van der Waals surface area contributed by atoms with E-state index in [0.717, 1.165) is 58.8 Å². The third-order valence-corrected chi connectivity index (χ3v) is 5.21. The molecule has 1 aromatic rings. The monoisotopic (exact) mass is 320 g/mol. The number of rotatable bonds is 4. The predicted molar refractivity (Wildman–Crippen MR) is 87.9 cm³/mol. The van der Waals surface area contributed by atoms with Crippen molar-refractivity contribution in [3.05, 3.63) is 12.7 Å². The lowest BCUT2D eigenvalue weighted by Crippen LogP contribution is -2.43. The zero-order valence-electron chi connectivity index (χ0n) is 14.3. The SMILES string of the molecule is CC(=O)N1CCCN([C@H]2CN(CCn3cncn3)C[C@H]2C)CC1. The fourth-order valence-corrected chi connectivity index (χ4v) is 3.88. The number of hydrogen-bond acceptors (Lipinski definition) is 5. The lowest BCUT2D eigenvalue weighted by molar-refractivity contribution is -0.128. The van der Waals surface area contributed by atoms with Crippen molar-refractivity contribution < 1.29 is 4.79 Å². The molecule has 2 atom stereocenters. The Kier molecular flexibility index (Phi) is 5.27. The number of carbonyl (C=O) groups excluding carboxylic acids is 1. The quantitative estimate of drug-likeness (QED) is 0.791. The molecule has 0 radical (unpaired) electrons. The Morgan fingerprint density at radius 1 is 1.17 bits per heavy atom. The number of carbonyl (C=O) groups is 1. The van der Waals surface area contributed by atoms with Gasteiger partial charge in [-0.3, -0.25) is 19.3 Å². The van der Waals surface area contributed by atoms with Crippen LogP contribution >= 0.6 is 0 Å². The molecule has 7 heteroatoms. The van der Waals surface area contributed by atoms with Gasteiger partial charge >= 0.3 is 0 Å². The molecule has 0 saturated carbocycles. The van der Waals surface area contributed by atoms with Crippen LogP contribution in [0.4, 0.5) is 0 Å². The summed E-state index contributed by atoms with van der Waals surface area (Å²) in [6.07, 6.45) is 4.46. The molecule has 7 nitrogen and oxygen atoms in total. The van der Waals surface area contributed by atoms with Crippen LogP contribution in [-0.4, -0.2) is 87.2 Å². The maximum absolute atomic E-state index is 11.6. The zero-order valence-corrected chi connectivity index (χ0v) is 14.3. The van der Waals surface area contributed by atoms with Gasteiger partial charge in [0.1, 0.15) is 12.7 Å². The highest BCUT2D eigenvalue weighted by Crippen LogP contribution is 2.23. The highest BCUT2D eigenvalue weighted by atomic mass is 16.2. The van der Waals surface area contributed by atoms with E-state index in [4.69, 9.17) is 0 Å². The molecule has 2 aliphatic rings. The molecule has 0 spiro atoms. The second-order valence-corrected chi connectivity index (χ2v) is 6.86. The molecule has 2 fully saturated rings. The van der Waals surface area contributed by atoms with Crippen LogP contribution in [-0.2, 0) is 11.3 Å². The number of hydrogen-bond donors (Lipinski definition) is 0. The molecule has 1 amide bonds. The van der Waals surface area contributed by atoms with Crippen molar-refractivity contribution in [2.24, 2.45) is 5.92 Å². The van der Waals surface area contributed by atoms with Gasteiger partial charge in [-0.15, -0.1) is 0 Å². The first kappa shape index (κ1) is 16.4. The normalized spacial score (nSPS) is 27.3. The molecular formula is C16H28N6O. The van der Waals surface area contributed by atoms with Crippen LogP contribution in [0.25, 0.3) is 0 Å². The first-order valence-electron chi connectivity index (χ1n) is 8.68. The molecule has 2 aliphatic heterocycles. The van der Waals surface area contributed by atoms with Crippen LogP contribution in [0.3, 0.4) is 0 Å². The van der Waals surface area contributed by atoms with E-state index >= 15 is 0 Å². The minimum absolute atomic E-state index is 0.209. The molecule has 0 aromatic carbocycles. The van der Waals surface area contributed by atoms with Crippen molar-refractivity contribution in [3.63, 3.8) is 0 Å². The van der Waals surface area contributed by atoms with Crippen molar-refractivity contribution in [3.8, 4) is 0 Å². The van der Waals surface area contributed by atoms with Gasteiger partial charge < -0.3 is 4.90 Å². The maximum atomic E-state index is 11.6. The summed E-state index contributed by atoms with van der Waals surface area (Å²) in [5.74, 6) is 0.885. The van der Waals surface area contributed by atoms with Crippen LogP contribution < -0.4 is 0 Å². The number of nitrogens with zero attached hydrogens (tertiary/aromatic N) is 6. The van der Waals surface area contributed by atoms with E-state index in [1.54, 1.807) is 19.6 Å². The summed E-state index contributed by atoms with van der Waals surface area (Å²) in [5.41, 5.74) is 0. The molecule has 0 bridgehead atoms. The van der Waals surface area contributed by atoms with Crippen molar-refractivity contribution in [2.75, 3.05) is 45.8 Å². The zero-order chi connectivity index (χ0) is 16.2. The summed E-state index contributed by atoms with van der Waals surface area (Å²) < 4.78 is 1.90. The number of amides is 1. The molecule has 3 rings (SSSR count). The molecular weight excluding hydrogens is 292 g/mol. The van der Waals surface area contributed by atoms with Crippen molar-refractivity contribution in [2.45, 2.75) is 32.9 Å². The Hall–Kier alpha value is -1.47. The van der Waals surface area contributed by atoms with Gasteiger partial charge in [-0.2, -0.15) is 5.10 Å². The van der Waals surface area contributed by atoms with Gasteiger partial charge in [0.2, 0.25) is 5.91 Å². The van der Waals surface area contributed by atoms with Crippen LogP contribution in [0, 0.1) is 5.92 Å². The second kappa shape index (κ2) is 7.40. The highest BCUT2D eigenvalue weighted by Gasteiger charge is 2.34. The van der Waals surface area contributed by atoms with Gasteiger partial charge in [-0.25, -0.2) is 4.98 Å². The first-order chi connectivity index (χ1) is 11.1. The van der Waals surface area contributed by atoms with E-state index in [1.165, 1.54) is 0 Å². The third-order valence-electron chi connectivity index (χ3n) is 5.21. The summed E-state index contributed by atoms with van der Waals surface area (Å²) in [7, 11) is 0. The van der Waals surface area contributed by atoms with Crippen LogP contribution in [0.1, 0.15) is 20.3 Å². The summed E-state index contributed by atoms with van der Waals surface area (Å²) in [4.78, 5) is 22.7. The summed E-state index contributed by atoms with van der Waals surface area (Å²) >= 11 is 0. The Balaban J connectivity index is 1.51. The second-order valence-electron chi connectivity index (χ2n) is 6.86. The average molecular weight is 320 g/mol. The van der Waals surface area contributed by atoms with Gasteiger partial charge in [0, 0.05) is 58.8 Å². The molecule has 23 heavy (non-hydrogen) atoms. The molecule has 0 N–H and O–H groups in total. The Labute approximate surface area is 138 Å². The first-order valence-corrected chi connectivity index (χ1v) is 8.68.